The van der Waals surface area contributed by atoms with Crippen LogP contribution >= 0.6 is 0 Å². The van der Waals surface area contributed by atoms with E-state index in [1.165, 1.54) is 42.5 Å². The SMILES string of the molecule is Cc1cccc(N2CCN(C(=O)c3cnc(NC4CCCC4)cn3)CC2)c1C. The number of rotatable bonds is 4. The molecule has 6 heteroatoms. The van der Waals surface area contributed by atoms with Gasteiger partial charge in [-0.15, -0.1) is 0 Å². The number of carbonyl (C=O) groups excluding carboxylic acids is 1. The molecular weight excluding hydrogens is 350 g/mol. The van der Waals surface area contributed by atoms with Crippen LogP contribution < -0.4 is 10.2 Å². The van der Waals surface area contributed by atoms with Crippen molar-refractivity contribution in [2.45, 2.75) is 45.6 Å². The number of hydrogen-bond donors (Lipinski definition) is 1. The van der Waals surface area contributed by atoms with Crippen molar-refractivity contribution in [3.05, 3.63) is 47.4 Å². The van der Waals surface area contributed by atoms with E-state index in [2.05, 4.69) is 52.2 Å². The van der Waals surface area contributed by atoms with E-state index in [0.717, 1.165) is 18.9 Å². The largest absolute Gasteiger partial charge is 0.368 e. The quantitative estimate of drug-likeness (QED) is 0.882. The topological polar surface area (TPSA) is 61.4 Å². The molecule has 2 fully saturated rings. The van der Waals surface area contributed by atoms with Crippen molar-refractivity contribution in [1.29, 1.82) is 0 Å². The summed E-state index contributed by atoms with van der Waals surface area (Å²) in [6, 6.07) is 6.91. The van der Waals surface area contributed by atoms with Crippen molar-refractivity contribution in [2.75, 3.05) is 36.4 Å². The van der Waals surface area contributed by atoms with Gasteiger partial charge in [-0.1, -0.05) is 25.0 Å². The average molecular weight is 380 g/mol. The van der Waals surface area contributed by atoms with Crippen molar-refractivity contribution in [2.24, 2.45) is 0 Å². The smallest absolute Gasteiger partial charge is 0.274 e. The van der Waals surface area contributed by atoms with Crippen LogP contribution in [0.1, 0.15) is 47.3 Å². The lowest BCUT2D eigenvalue weighted by atomic mass is 10.1. The van der Waals surface area contributed by atoms with E-state index < -0.39 is 0 Å². The molecule has 1 aliphatic carbocycles. The highest BCUT2D eigenvalue weighted by molar-refractivity contribution is 5.92. The fraction of sp³-hybridized carbons (Fsp3) is 0.500. The van der Waals surface area contributed by atoms with Crippen LogP contribution in [0.3, 0.4) is 0 Å². The number of carbonyl (C=O) groups is 1. The van der Waals surface area contributed by atoms with E-state index in [1.807, 2.05) is 4.90 Å². The molecule has 148 valence electrons. The maximum absolute atomic E-state index is 12.8. The number of benzene rings is 1. The number of aryl methyl sites for hydroxylation is 1. The molecule has 0 unspecified atom stereocenters. The van der Waals surface area contributed by atoms with Crippen LogP contribution in [-0.4, -0.2) is 53.0 Å². The highest BCUT2D eigenvalue weighted by Crippen LogP contribution is 2.24. The first-order chi connectivity index (χ1) is 13.6. The third-order valence-electron chi connectivity index (χ3n) is 6.06. The Morgan fingerprint density at radius 3 is 2.46 bits per heavy atom. The van der Waals surface area contributed by atoms with E-state index in [9.17, 15) is 4.79 Å². The number of aromatic nitrogens is 2. The molecule has 1 saturated heterocycles. The molecule has 0 radical (unpaired) electrons. The lowest BCUT2D eigenvalue weighted by molar-refractivity contribution is 0.0740. The summed E-state index contributed by atoms with van der Waals surface area (Å²) in [5.74, 6) is 0.740. The number of anilines is 2. The molecule has 2 aliphatic rings. The molecule has 1 aliphatic heterocycles. The van der Waals surface area contributed by atoms with Crippen LogP contribution in [-0.2, 0) is 0 Å². The molecule has 1 aromatic carbocycles. The minimum atomic E-state index is -0.0273. The molecule has 1 saturated carbocycles. The zero-order chi connectivity index (χ0) is 19.5. The average Bonchev–Trinajstić information content (AvgIpc) is 3.23. The van der Waals surface area contributed by atoms with Gasteiger partial charge in [-0.3, -0.25) is 4.79 Å². The molecule has 1 amide bonds. The van der Waals surface area contributed by atoms with Crippen molar-refractivity contribution in [3.63, 3.8) is 0 Å². The highest BCUT2D eigenvalue weighted by Gasteiger charge is 2.24. The van der Waals surface area contributed by atoms with E-state index in [4.69, 9.17) is 0 Å². The lowest BCUT2D eigenvalue weighted by Crippen LogP contribution is -2.49. The van der Waals surface area contributed by atoms with Crippen LogP contribution in [0.2, 0.25) is 0 Å². The van der Waals surface area contributed by atoms with Crippen LogP contribution in [0.25, 0.3) is 0 Å². The van der Waals surface area contributed by atoms with Crippen LogP contribution in [0, 0.1) is 13.8 Å². The predicted octanol–water partition coefficient (Wildman–Crippen LogP) is 3.41. The van der Waals surface area contributed by atoms with Gasteiger partial charge in [-0.25, -0.2) is 9.97 Å². The van der Waals surface area contributed by atoms with Gasteiger partial charge in [-0.2, -0.15) is 0 Å². The molecule has 6 nitrogen and oxygen atoms in total. The van der Waals surface area contributed by atoms with Gasteiger partial charge in [-0.05, 0) is 43.9 Å². The Kier molecular flexibility index (Phi) is 5.46. The van der Waals surface area contributed by atoms with Crippen LogP contribution in [0.5, 0.6) is 0 Å². The second kappa shape index (κ2) is 8.17. The zero-order valence-corrected chi connectivity index (χ0v) is 16.8. The van der Waals surface area contributed by atoms with E-state index in [0.29, 0.717) is 24.8 Å². The van der Waals surface area contributed by atoms with Gasteiger partial charge in [0.25, 0.3) is 5.91 Å². The summed E-state index contributed by atoms with van der Waals surface area (Å²) in [4.78, 5) is 25.8. The van der Waals surface area contributed by atoms with Crippen molar-refractivity contribution in [3.8, 4) is 0 Å². The Bertz CT molecular complexity index is 821. The second-order valence-electron chi connectivity index (χ2n) is 7.91. The van der Waals surface area contributed by atoms with Crippen molar-refractivity contribution in [1.82, 2.24) is 14.9 Å². The lowest BCUT2D eigenvalue weighted by Gasteiger charge is -2.36. The first kappa shape index (κ1) is 18.7. The summed E-state index contributed by atoms with van der Waals surface area (Å²) in [5, 5.41) is 3.42. The minimum absolute atomic E-state index is 0.0273. The van der Waals surface area contributed by atoms with Crippen molar-refractivity contribution < 1.29 is 4.79 Å². The molecular formula is C22H29N5O. The summed E-state index contributed by atoms with van der Waals surface area (Å²) < 4.78 is 0. The van der Waals surface area contributed by atoms with E-state index >= 15 is 0 Å². The Morgan fingerprint density at radius 2 is 1.79 bits per heavy atom. The minimum Gasteiger partial charge on any atom is -0.368 e. The number of nitrogens with zero attached hydrogens (tertiary/aromatic N) is 4. The van der Waals surface area contributed by atoms with E-state index in [-0.39, 0.29) is 5.91 Å². The Labute approximate surface area is 167 Å². The number of piperazine rings is 1. The maximum atomic E-state index is 12.8. The Hall–Kier alpha value is -2.63. The third-order valence-corrected chi connectivity index (χ3v) is 6.06. The van der Waals surface area contributed by atoms with Gasteiger partial charge in [0.15, 0.2) is 0 Å². The summed E-state index contributed by atoms with van der Waals surface area (Å²) in [6.07, 6.45) is 8.22. The van der Waals surface area contributed by atoms with Gasteiger partial charge in [0.05, 0.1) is 12.4 Å². The number of hydrogen-bond acceptors (Lipinski definition) is 5. The molecule has 1 N–H and O–H groups in total. The van der Waals surface area contributed by atoms with Gasteiger partial charge in [0, 0.05) is 37.9 Å². The molecule has 1 aromatic heterocycles. The normalized spacial score (nSPS) is 17.8. The molecule has 0 atom stereocenters. The zero-order valence-electron chi connectivity index (χ0n) is 16.8. The van der Waals surface area contributed by atoms with Gasteiger partial charge in [0.1, 0.15) is 11.5 Å². The molecule has 4 rings (SSSR count). The Balaban J connectivity index is 1.35. The number of amides is 1. The third kappa shape index (κ3) is 3.96. The Morgan fingerprint density at radius 1 is 1.04 bits per heavy atom. The predicted molar refractivity (Wildman–Crippen MR) is 112 cm³/mol. The molecule has 0 spiro atoms. The molecule has 28 heavy (non-hydrogen) atoms. The maximum Gasteiger partial charge on any atom is 0.274 e. The fourth-order valence-corrected chi connectivity index (χ4v) is 4.18. The summed E-state index contributed by atoms with van der Waals surface area (Å²) in [5.41, 5.74) is 4.32. The van der Waals surface area contributed by atoms with Gasteiger partial charge in [0.2, 0.25) is 0 Å². The summed E-state index contributed by atoms with van der Waals surface area (Å²) in [6.45, 7) is 7.39. The molecule has 0 bridgehead atoms. The van der Waals surface area contributed by atoms with E-state index in [1.54, 1.807) is 12.4 Å². The van der Waals surface area contributed by atoms with Gasteiger partial charge >= 0.3 is 0 Å². The summed E-state index contributed by atoms with van der Waals surface area (Å²) >= 11 is 0. The monoisotopic (exact) mass is 379 g/mol. The molecule has 2 heterocycles. The standard InChI is InChI=1S/C22H29N5O/c1-16-6-5-9-20(17(16)2)26-10-12-27(13-11-26)22(28)19-14-24-21(15-23-19)25-18-7-3-4-8-18/h5-6,9,14-15,18H,3-4,7-8,10-13H2,1-2H3,(H,24,25). The first-order valence-electron chi connectivity index (χ1n) is 10.3. The first-order valence-corrected chi connectivity index (χ1v) is 10.3. The second-order valence-corrected chi connectivity index (χ2v) is 7.91. The van der Waals surface area contributed by atoms with Crippen molar-refractivity contribution >= 4 is 17.4 Å². The fourth-order valence-electron chi connectivity index (χ4n) is 4.18. The number of nitrogens with one attached hydrogen (secondary N) is 1. The highest BCUT2D eigenvalue weighted by atomic mass is 16.2. The summed E-state index contributed by atoms with van der Waals surface area (Å²) in [7, 11) is 0. The van der Waals surface area contributed by atoms with Crippen LogP contribution in [0.15, 0.2) is 30.6 Å². The van der Waals surface area contributed by atoms with Gasteiger partial charge < -0.3 is 15.1 Å². The van der Waals surface area contributed by atoms with Crippen LogP contribution in [0.4, 0.5) is 11.5 Å². The molecule has 2 aromatic rings.